The van der Waals surface area contributed by atoms with Crippen LogP contribution in [0.4, 0.5) is 0 Å². The molecule has 0 aromatic rings. The third kappa shape index (κ3) is 6.02. The molecule has 0 spiro atoms. The van der Waals surface area contributed by atoms with E-state index < -0.39 is 6.10 Å². The van der Waals surface area contributed by atoms with E-state index in [1.807, 2.05) is 0 Å². The van der Waals surface area contributed by atoms with E-state index in [1.165, 1.54) is 0 Å². The number of hydrogen-bond acceptors (Lipinski definition) is 2. The molecule has 0 aromatic heterocycles. The molecule has 1 atom stereocenters. The Morgan fingerprint density at radius 1 is 1.33 bits per heavy atom. The lowest BCUT2D eigenvalue weighted by molar-refractivity contribution is 0.0865. The van der Waals surface area contributed by atoms with Gasteiger partial charge in [-0.3, -0.25) is 0 Å². The van der Waals surface area contributed by atoms with Gasteiger partial charge in [-0.05, 0) is 6.42 Å². The van der Waals surface area contributed by atoms with Crippen LogP contribution in [0.2, 0.25) is 6.04 Å². The molecular weight excluding hydrogens is 132 g/mol. The highest BCUT2D eigenvalue weighted by molar-refractivity contribution is 6.08. The van der Waals surface area contributed by atoms with Crippen molar-refractivity contribution in [1.29, 1.82) is 0 Å². The van der Waals surface area contributed by atoms with Gasteiger partial charge in [0.15, 0.2) is 0 Å². The van der Waals surface area contributed by atoms with E-state index in [9.17, 15) is 0 Å². The summed E-state index contributed by atoms with van der Waals surface area (Å²) in [6.45, 7) is -0.109. The lowest BCUT2D eigenvalue weighted by Crippen LogP contribution is -2.10. The molecule has 0 fully saturated rings. The van der Waals surface area contributed by atoms with Gasteiger partial charge in [0, 0.05) is 10.2 Å². The van der Waals surface area contributed by atoms with Crippen molar-refractivity contribution in [3.63, 3.8) is 0 Å². The summed E-state index contributed by atoms with van der Waals surface area (Å²) in [6.07, 6.45) is 2.24. The van der Waals surface area contributed by atoms with Gasteiger partial charge in [0.05, 0.1) is 12.7 Å². The number of hydrogen-bond donors (Lipinski definition) is 2. The normalized spacial score (nSPS) is 13.7. The SMILES string of the molecule is OCC(O)CCCC[Si]. The lowest BCUT2D eigenvalue weighted by atomic mass is 10.2. The van der Waals surface area contributed by atoms with Crippen molar-refractivity contribution in [3.05, 3.63) is 0 Å². The first kappa shape index (κ1) is 9.14. The first-order valence-electron chi connectivity index (χ1n) is 3.24. The van der Waals surface area contributed by atoms with E-state index in [2.05, 4.69) is 10.2 Å². The van der Waals surface area contributed by atoms with Crippen LogP contribution >= 0.6 is 0 Å². The van der Waals surface area contributed by atoms with E-state index in [0.29, 0.717) is 6.42 Å². The minimum Gasteiger partial charge on any atom is -0.394 e. The summed E-state index contributed by atoms with van der Waals surface area (Å²) in [7, 11) is 3.32. The van der Waals surface area contributed by atoms with Crippen LogP contribution in [0, 0.1) is 0 Å². The van der Waals surface area contributed by atoms with Gasteiger partial charge in [-0.25, -0.2) is 0 Å². The average Bonchev–Trinajstić information content (AvgIpc) is 1.89. The van der Waals surface area contributed by atoms with Crippen LogP contribution in [-0.2, 0) is 0 Å². The van der Waals surface area contributed by atoms with E-state index in [-0.39, 0.29) is 6.61 Å². The Morgan fingerprint density at radius 2 is 2.00 bits per heavy atom. The van der Waals surface area contributed by atoms with Crippen LogP contribution in [0.15, 0.2) is 0 Å². The van der Waals surface area contributed by atoms with Crippen molar-refractivity contribution < 1.29 is 10.2 Å². The third-order valence-electron chi connectivity index (χ3n) is 1.17. The first-order valence-corrected chi connectivity index (χ1v) is 3.95. The second-order valence-electron chi connectivity index (χ2n) is 2.08. The molecule has 9 heavy (non-hydrogen) atoms. The molecule has 0 aromatic carbocycles. The van der Waals surface area contributed by atoms with Gasteiger partial charge in [-0.2, -0.15) is 0 Å². The van der Waals surface area contributed by atoms with Crippen molar-refractivity contribution >= 4 is 10.2 Å². The van der Waals surface area contributed by atoms with Crippen LogP contribution in [0.5, 0.6) is 0 Å². The molecule has 0 aliphatic carbocycles. The highest BCUT2D eigenvalue weighted by Gasteiger charge is 1.98. The largest absolute Gasteiger partial charge is 0.394 e. The minimum absolute atomic E-state index is 0.109. The number of rotatable bonds is 5. The highest BCUT2D eigenvalue weighted by Crippen LogP contribution is 2.01. The molecule has 2 N–H and O–H groups in total. The Kier molecular flexibility index (Phi) is 6.35. The van der Waals surface area contributed by atoms with Crippen molar-refractivity contribution in [3.8, 4) is 0 Å². The lowest BCUT2D eigenvalue weighted by Gasteiger charge is -2.04. The minimum atomic E-state index is -0.511. The fraction of sp³-hybridized carbons (Fsp3) is 1.00. The zero-order valence-electron chi connectivity index (χ0n) is 5.51. The summed E-state index contributed by atoms with van der Waals surface area (Å²) in [5.41, 5.74) is 0. The standard InChI is InChI=1S/C6H13O2Si/c7-5-6(8)3-1-2-4-9/h6-8H,1-5H2. The quantitative estimate of drug-likeness (QED) is 0.425. The van der Waals surface area contributed by atoms with Gasteiger partial charge in [0.1, 0.15) is 0 Å². The molecular formula is C6H13O2Si. The molecule has 0 saturated carbocycles. The van der Waals surface area contributed by atoms with Crippen LogP contribution in [0.25, 0.3) is 0 Å². The summed E-state index contributed by atoms with van der Waals surface area (Å²) < 4.78 is 0. The van der Waals surface area contributed by atoms with Crippen molar-refractivity contribution in [2.75, 3.05) is 6.61 Å². The van der Waals surface area contributed by atoms with Gasteiger partial charge < -0.3 is 10.2 Å². The van der Waals surface area contributed by atoms with Crippen LogP contribution in [0.3, 0.4) is 0 Å². The summed E-state index contributed by atoms with van der Waals surface area (Å²) in [6, 6.07) is 0.970. The van der Waals surface area contributed by atoms with Crippen LogP contribution < -0.4 is 0 Å². The Labute approximate surface area is 59.3 Å². The molecule has 0 bridgehead atoms. The van der Waals surface area contributed by atoms with Crippen molar-refractivity contribution in [2.45, 2.75) is 31.4 Å². The summed E-state index contributed by atoms with van der Waals surface area (Å²) in [5, 5.41) is 17.2. The number of aliphatic hydroxyl groups is 2. The highest BCUT2D eigenvalue weighted by atomic mass is 28.1. The van der Waals surface area contributed by atoms with Crippen molar-refractivity contribution in [1.82, 2.24) is 0 Å². The molecule has 3 radical (unpaired) electrons. The van der Waals surface area contributed by atoms with Crippen LogP contribution in [0.1, 0.15) is 19.3 Å². The zero-order chi connectivity index (χ0) is 7.11. The third-order valence-corrected chi connectivity index (χ3v) is 1.53. The van der Waals surface area contributed by atoms with E-state index in [0.717, 1.165) is 18.9 Å². The van der Waals surface area contributed by atoms with E-state index in [1.54, 1.807) is 0 Å². The van der Waals surface area contributed by atoms with Crippen LogP contribution in [-0.4, -0.2) is 33.2 Å². The molecule has 0 rings (SSSR count). The molecule has 1 unspecified atom stereocenters. The van der Waals surface area contributed by atoms with E-state index >= 15 is 0 Å². The average molecular weight is 145 g/mol. The van der Waals surface area contributed by atoms with Gasteiger partial charge in [0.2, 0.25) is 0 Å². The fourth-order valence-electron chi connectivity index (χ4n) is 0.596. The molecule has 3 heteroatoms. The van der Waals surface area contributed by atoms with Gasteiger partial charge in [0.25, 0.3) is 0 Å². The predicted octanol–water partition coefficient (Wildman–Crippen LogP) is 0.0967. The number of aliphatic hydroxyl groups excluding tert-OH is 2. The number of unbranched alkanes of at least 4 members (excludes halogenated alkanes) is 1. The van der Waals surface area contributed by atoms with E-state index in [4.69, 9.17) is 10.2 Å². The van der Waals surface area contributed by atoms with Gasteiger partial charge in [-0.15, -0.1) is 0 Å². The zero-order valence-corrected chi connectivity index (χ0v) is 6.51. The maximum Gasteiger partial charge on any atom is 0.0770 e. The maximum atomic E-state index is 8.82. The predicted molar refractivity (Wildman–Crippen MR) is 37.5 cm³/mol. The smallest absolute Gasteiger partial charge is 0.0770 e. The molecule has 0 saturated heterocycles. The Balaban J connectivity index is 2.88. The molecule has 0 amide bonds. The fourth-order valence-corrected chi connectivity index (χ4v) is 0.846. The van der Waals surface area contributed by atoms with Gasteiger partial charge in [-0.1, -0.05) is 18.9 Å². The molecule has 0 aliphatic rings. The molecule has 53 valence electrons. The molecule has 2 nitrogen and oxygen atoms in total. The Bertz CT molecular complexity index is 59.0. The monoisotopic (exact) mass is 145 g/mol. The second kappa shape index (κ2) is 6.26. The summed E-state index contributed by atoms with van der Waals surface area (Å²) in [4.78, 5) is 0. The summed E-state index contributed by atoms with van der Waals surface area (Å²) in [5.74, 6) is 0. The molecule has 0 aliphatic heterocycles. The van der Waals surface area contributed by atoms with Gasteiger partial charge >= 0.3 is 0 Å². The first-order chi connectivity index (χ1) is 4.31. The maximum absolute atomic E-state index is 8.82. The molecule has 0 heterocycles. The summed E-state index contributed by atoms with van der Waals surface area (Å²) >= 11 is 0. The van der Waals surface area contributed by atoms with Crippen molar-refractivity contribution in [2.24, 2.45) is 0 Å². The Morgan fingerprint density at radius 3 is 2.44 bits per heavy atom. The topological polar surface area (TPSA) is 40.5 Å². The second-order valence-corrected chi connectivity index (χ2v) is 2.58. The Hall–Kier alpha value is 0.137.